The largest absolute Gasteiger partial charge is 0.373 e. The van der Waals surface area contributed by atoms with Crippen molar-refractivity contribution in [1.29, 1.82) is 0 Å². The van der Waals surface area contributed by atoms with Gasteiger partial charge in [0, 0.05) is 13.0 Å². The monoisotopic (exact) mass is 341 g/mol. The fourth-order valence-electron chi connectivity index (χ4n) is 3.30. The molecule has 0 saturated carbocycles. The molecule has 2 heterocycles. The Morgan fingerprint density at radius 2 is 2.09 bits per heavy atom. The summed E-state index contributed by atoms with van der Waals surface area (Å²) in [6.07, 6.45) is 0.929. The Labute approximate surface area is 135 Å². The van der Waals surface area contributed by atoms with E-state index in [1.807, 2.05) is 0 Å². The molecular formula is C16H20FNO4S. The Balaban J connectivity index is 1.57. The molecule has 5 nitrogen and oxygen atoms in total. The third kappa shape index (κ3) is 3.72. The summed E-state index contributed by atoms with van der Waals surface area (Å²) in [6, 6.07) is 6.17. The van der Waals surface area contributed by atoms with Gasteiger partial charge in [0.1, 0.15) is 5.82 Å². The SMILES string of the molecule is O=C(CCCc1ccccc1F)N1CCOC2CS(=O)(=O)CC21. The van der Waals surface area contributed by atoms with E-state index in [-0.39, 0.29) is 35.7 Å². The van der Waals surface area contributed by atoms with Crippen LogP contribution in [0.5, 0.6) is 0 Å². The van der Waals surface area contributed by atoms with E-state index in [9.17, 15) is 17.6 Å². The average Bonchev–Trinajstić information content (AvgIpc) is 2.82. The van der Waals surface area contributed by atoms with Crippen molar-refractivity contribution in [2.24, 2.45) is 0 Å². The van der Waals surface area contributed by atoms with Crippen LogP contribution in [0.15, 0.2) is 24.3 Å². The average molecular weight is 341 g/mol. The number of nitrogens with zero attached hydrogens (tertiary/aromatic N) is 1. The van der Waals surface area contributed by atoms with Gasteiger partial charge < -0.3 is 9.64 Å². The zero-order valence-corrected chi connectivity index (χ0v) is 13.6. The van der Waals surface area contributed by atoms with Crippen molar-refractivity contribution in [3.63, 3.8) is 0 Å². The number of hydrogen-bond donors (Lipinski definition) is 0. The molecule has 7 heteroatoms. The van der Waals surface area contributed by atoms with Gasteiger partial charge in [-0.1, -0.05) is 18.2 Å². The summed E-state index contributed by atoms with van der Waals surface area (Å²) in [4.78, 5) is 14.0. The van der Waals surface area contributed by atoms with Gasteiger partial charge in [0.2, 0.25) is 5.91 Å². The Morgan fingerprint density at radius 1 is 1.30 bits per heavy atom. The maximum absolute atomic E-state index is 13.6. The van der Waals surface area contributed by atoms with E-state index in [0.29, 0.717) is 31.6 Å². The molecule has 2 unspecified atom stereocenters. The highest BCUT2D eigenvalue weighted by Gasteiger charge is 2.45. The smallest absolute Gasteiger partial charge is 0.223 e. The van der Waals surface area contributed by atoms with Gasteiger partial charge in [-0.3, -0.25) is 4.79 Å². The lowest BCUT2D eigenvalue weighted by atomic mass is 10.1. The van der Waals surface area contributed by atoms with Crippen LogP contribution in [0.1, 0.15) is 18.4 Å². The molecular weight excluding hydrogens is 321 g/mol. The minimum Gasteiger partial charge on any atom is -0.373 e. The van der Waals surface area contributed by atoms with Crippen molar-refractivity contribution in [3.05, 3.63) is 35.6 Å². The molecule has 0 bridgehead atoms. The molecule has 2 atom stereocenters. The molecule has 0 aromatic heterocycles. The molecule has 0 N–H and O–H groups in total. The Hall–Kier alpha value is -1.47. The van der Waals surface area contributed by atoms with E-state index < -0.39 is 15.9 Å². The first-order chi connectivity index (χ1) is 11.0. The molecule has 1 aromatic carbocycles. The summed E-state index contributed by atoms with van der Waals surface area (Å²) in [5.74, 6) is -0.349. The minimum atomic E-state index is -3.13. The van der Waals surface area contributed by atoms with Gasteiger partial charge in [-0.2, -0.15) is 0 Å². The second-order valence-electron chi connectivity index (χ2n) is 6.09. The number of benzene rings is 1. The summed E-state index contributed by atoms with van der Waals surface area (Å²) in [6.45, 7) is 0.797. The van der Waals surface area contributed by atoms with Crippen LogP contribution in [-0.4, -0.2) is 56.0 Å². The van der Waals surface area contributed by atoms with E-state index in [0.717, 1.165) is 0 Å². The van der Waals surface area contributed by atoms with E-state index in [4.69, 9.17) is 4.74 Å². The molecule has 2 fully saturated rings. The first-order valence-corrected chi connectivity index (χ1v) is 9.63. The second-order valence-corrected chi connectivity index (χ2v) is 8.24. The third-order valence-corrected chi connectivity index (χ3v) is 6.14. The van der Waals surface area contributed by atoms with Crippen LogP contribution in [0.2, 0.25) is 0 Å². The minimum absolute atomic E-state index is 0.00330. The number of carbonyl (C=O) groups is 1. The zero-order chi connectivity index (χ0) is 16.4. The molecule has 1 amide bonds. The van der Waals surface area contributed by atoms with Crippen molar-refractivity contribution >= 4 is 15.7 Å². The highest BCUT2D eigenvalue weighted by molar-refractivity contribution is 7.91. The summed E-state index contributed by atoms with van der Waals surface area (Å²) < 4.78 is 42.5. The van der Waals surface area contributed by atoms with E-state index >= 15 is 0 Å². The van der Waals surface area contributed by atoms with E-state index in [2.05, 4.69) is 0 Å². The molecule has 23 heavy (non-hydrogen) atoms. The zero-order valence-electron chi connectivity index (χ0n) is 12.8. The fraction of sp³-hybridized carbons (Fsp3) is 0.562. The summed E-state index contributed by atoms with van der Waals surface area (Å²) in [5, 5.41) is 0. The van der Waals surface area contributed by atoms with Crippen molar-refractivity contribution in [2.75, 3.05) is 24.7 Å². The number of halogens is 1. The van der Waals surface area contributed by atoms with Crippen molar-refractivity contribution in [3.8, 4) is 0 Å². The first-order valence-electron chi connectivity index (χ1n) is 7.81. The van der Waals surface area contributed by atoms with E-state index in [1.54, 1.807) is 23.1 Å². The standard InChI is InChI=1S/C16H20FNO4S/c17-13-6-2-1-4-12(13)5-3-7-16(19)18-8-9-22-15-11-23(20,21)10-14(15)18/h1-2,4,6,14-15H,3,5,7-11H2. The lowest BCUT2D eigenvalue weighted by molar-refractivity contribution is -0.142. The van der Waals surface area contributed by atoms with Crippen molar-refractivity contribution in [2.45, 2.75) is 31.4 Å². The Morgan fingerprint density at radius 3 is 2.87 bits per heavy atom. The molecule has 126 valence electrons. The van der Waals surface area contributed by atoms with E-state index in [1.165, 1.54) is 6.07 Å². The fourth-order valence-corrected chi connectivity index (χ4v) is 5.17. The topological polar surface area (TPSA) is 63.7 Å². The van der Waals surface area contributed by atoms with Crippen LogP contribution in [0, 0.1) is 5.82 Å². The predicted octanol–water partition coefficient (Wildman–Crippen LogP) is 1.17. The maximum Gasteiger partial charge on any atom is 0.223 e. The molecule has 0 spiro atoms. The highest BCUT2D eigenvalue weighted by Crippen LogP contribution is 2.25. The second kappa shape index (κ2) is 6.57. The van der Waals surface area contributed by atoms with Gasteiger partial charge in [-0.25, -0.2) is 12.8 Å². The van der Waals surface area contributed by atoms with Crippen molar-refractivity contribution < 1.29 is 22.3 Å². The third-order valence-electron chi connectivity index (χ3n) is 4.45. The number of hydrogen-bond acceptors (Lipinski definition) is 4. The van der Waals surface area contributed by atoms with Gasteiger partial charge in [-0.05, 0) is 24.5 Å². The lowest BCUT2D eigenvalue weighted by Gasteiger charge is -2.36. The van der Waals surface area contributed by atoms with Crippen molar-refractivity contribution in [1.82, 2.24) is 4.90 Å². The Bertz CT molecular complexity index is 691. The number of rotatable bonds is 4. The van der Waals surface area contributed by atoms with Crippen LogP contribution >= 0.6 is 0 Å². The number of amides is 1. The van der Waals surface area contributed by atoms with Crippen LogP contribution in [0.4, 0.5) is 4.39 Å². The molecule has 3 rings (SSSR count). The van der Waals surface area contributed by atoms with Gasteiger partial charge in [0.25, 0.3) is 0 Å². The van der Waals surface area contributed by atoms with Gasteiger partial charge in [0.15, 0.2) is 9.84 Å². The number of sulfone groups is 1. The molecule has 0 aliphatic carbocycles. The van der Waals surface area contributed by atoms with Gasteiger partial charge in [-0.15, -0.1) is 0 Å². The normalized spacial score (nSPS) is 26.0. The number of carbonyl (C=O) groups excluding carboxylic acids is 1. The highest BCUT2D eigenvalue weighted by atomic mass is 32.2. The van der Waals surface area contributed by atoms with Crippen LogP contribution in [0.3, 0.4) is 0 Å². The Kier molecular flexibility index (Phi) is 4.68. The summed E-state index contributed by atoms with van der Waals surface area (Å²) in [7, 11) is -3.13. The number of ether oxygens (including phenoxy) is 1. The summed E-state index contributed by atoms with van der Waals surface area (Å²) in [5.41, 5.74) is 0.601. The van der Waals surface area contributed by atoms with Crippen LogP contribution < -0.4 is 0 Å². The molecule has 0 radical (unpaired) electrons. The molecule has 2 aliphatic rings. The van der Waals surface area contributed by atoms with Crippen LogP contribution in [0.25, 0.3) is 0 Å². The van der Waals surface area contributed by atoms with Crippen LogP contribution in [-0.2, 0) is 25.8 Å². The maximum atomic E-state index is 13.6. The number of fused-ring (bicyclic) bond motifs is 1. The molecule has 2 aliphatic heterocycles. The molecule has 1 aromatic rings. The number of morpholine rings is 1. The van der Waals surface area contributed by atoms with Gasteiger partial charge in [0.05, 0.1) is 30.3 Å². The number of aryl methyl sites for hydroxylation is 1. The predicted molar refractivity (Wildman–Crippen MR) is 83.2 cm³/mol. The summed E-state index contributed by atoms with van der Waals surface area (Å²) >= 11 is 0. The van der Waals surface area contributed by atoms with Gasteiger partial charge >= 0.3 is 0 Å². The molecule has 2 saturated heterocycles. The first kappa shape index (κ1) is 16.4. The lowest BCUT2D eigenvalue weighted by Crippen LogP contribution is -2.53. The quantitative estimate of drug-likeness (QED) is 0.825.